The number of nitrogens with zero attached hydrogens (tertiary/aromatic N) is 6. The highest BCUT2D eigenvalue weighted by molar-refractivity contribution is 6.03. The molecule has 0 bridgehead atoms. The Morgan fingerprint density at radius 2 is 2.03 bits per heavy atom. The molecule has 162 valence electrons. The average molecular weight is 419 g/mol. The minimum atomic E-state index is -0.769. The van der Waals surface area contributed by atoms with E-state index in [9.17, 15) is 19.7 Å². The number of carbonyl (C=O) groups is 2. The predicted molar refractivity (Wildman–Crippen MR) is 106 cm³/mol. The van der Waals surface area contributed by atoms with E-state index in [2.05, 4.69) is 15.5 Å². The molecule has 0 saturated carbocycles. The van der Waals surface area contributed by atoms with Gasteiger partial charge >= 0.3 is 5.82 Å². The summed E-state index contributed by atoms with van der Waals surface area (Å²) < 4.78 is 8.17. The van der Waals surface area contributed by atoms with Crippen LogP contribution in [0.25, 0.3) is 0 Å². The molecule has 3 heterocycles. The van der Waals surface area contributed by atoms with Crippen LogP contribution in [0.3, 0.4) is 0 Å². The number of rotatable bonds is 7. The highest BCUT2D eigenvalue weighted by atomic mass is 16.6. The summed E-state index contributed by atoms with van der Waals surface area (Å²) in [5, 5.41) is 21.9. The Labute approximate surface area is 172 Å². The smallest absolute Gasteiger partial charge is 0.378 e. The second kappa shape index (κ2) is 9.03. The Morgan fingerprint density at radius 1 is 1.33 bits per heavy atom. The Kier molecular flexibility index (Phi) is 6.45. The summed E-state index contributed by atoms with van der Waals surface area (Å²) in [5.74, 6) is -0.974. The van der Waals surface area contributed by atoms with Crippen molar-refractivity contribution in [1.82, 2.24) is 24.5 Å². The van der Waals surface area contributed by atoms with Gasteiger partial charge in [0, 0.05) is 19.6 Å². The van der Waals surface area contributed by atoms with Crippen LogP contribution in [-0.4, -0.2) is 67.5 Å². The minimum absolute atomic E-state index is 0.230. The minimum Gasteiger partial charge on any atom is -0.378 e. The summed E-state index contributed by atoms with van der Waals surface area (Å²) in [6, 6.07) is 0.549. The molecule has 1 unspecified atom stereocenters. The normalized spacial score (nSPS) is 15.1. The van der Waals surface area contributed by atoms with E-state index in [0.29, 0.717) is 56.3 Å². The van der Waals surface area contributed by atoms with Crippen molar-refractivity contribution in [2.45, 2.75) is 39.8 Å². The molecule has 2 aromatic heterocycles. The zero-order chi connectivity index (χ0) is 21.8. The monoisotopic (exact) mass is 419 g/mol. The zero-order valence-electron chi connectivity index (χ0n) is 17.2. The lowest BCUT2D eigenvalue weighted by Crippen LogP contribution is -2.42. The molecule has 0 aromatic carbocycles. The van der Waals surface area contributed by atoms with Gasteiger partial charge in [0.25, 0.3) is 11.8 Å². The molecular weight excluding hydrogens is 394 g/mol. The lowest BCUT2D eigenvalue weighted by molar-refractivity contribution is -0.389. The fraction of sp³-hybridized carbons (Fsp3) is 0.556. The van der Waals surface area contributed by atoms with Crippen molar-refractivity contribution in [3.05, 3.63) is 33.8 Å². The highest BCUT2D eigenvalue weighted by Crippen LogP contribution is 2.23. The van der Waals surface area contributed by atoms with Crippen LogP contribution in [0.5, 0.6) is 0 Å². The van der Waals surface area contributed by atoms with Crippen LogP contribution in [0.1, 0.15) is 42.5 Å². The fourth-order valence-electron chi connectivity index (χ4n) is 3.42. The number of anilines is 1. The van der Waals surface area contributed by atoms with Crippen LogP contribution in [0.2, 0.25) is 0 Å². The maximum absolute atomic E-state index is 13.1. The number of nitro groups is 1. The van der Waals surface area contributed by atoms with Gasteiger partial charge in [0.05, 0.1) is 42.0 Å². The van der Waals surface area contributed by atoms with Gasteiger partial charge in [0.1, 0.15) is 5.69 Å². The number of carbonyl (C=O) groups excluding carboxylic acids is 2. The second-order valence-electron chi connectivity index (χ2n) is 6.89. The Morgan fingerprint density at radius 3 is 2.60 bits per heavy atom. The molecule has 1 aliphatic rings. The van der Waals surface area contributed by atoms with Crippen LogP contribution < -0.4 is 5.32 Å². The van der Waals surface area contributed by atoms with Gasteiger partial charge in [-0.15, -0.1) is 0 Å². The molecule has 3 rings (SSSR count). The standard InChI is InChI=1S/C18H25N7O5/c1-4-14(24-12(3)10-15(21-24)25(28)29)17(26)20-13-11-19-23(5-2)16(13)18(27)22-6-8-30-9-7-22/h10-11,14H,4-9H2,1-3H3,(H,20,26). The Hall–Kier alpha value is -3.28. The lowest BCUT2D eigenvalue weighted by atomic mass is 10.2. The van der Waals surface area contributed by atoms with E-state index in [1.807, 2.05) is 6.92 Å². The van der Waals surface area contributed by atoms with Gasteiger partial charge < -0.3 is 25.1 Å². The van der Waals surface area contributed by atoms with E-state index in [1.165, 1.54) is 16.9 Å². The molecule has 0 radical (unpaired) electrons. The number of nitrogens with one attached hydrogen (secondary N) is 1. The quantitative estimate of drug-likeness (QED) is 0.528. The van der Waals surface area contributed by atoms with E-state index in [1.54, 1.807) is 23.4 Å². The maximum atomic E-state index is 13.1. The molecule has 0 aliphatic carbocycles. The molecular formula is C18H25N7O5. The van der Waals surface area contributed by atoms with E-state index in [-0.39, 0.29) is 11.7 Å². The third-order valence-corrected chi connectivity index (χ3v) is 4.98. The number of morpholine rings is 1. The predicted octanol–water partition coefficient (Wildman–Crippen LogP) is 1.38. The van der Waals surface area contributed by atoms with Crippen LogP contribution in [-0.2, 0) is 16.1 Å². The number of aryl methyl sites for hydroxylation is 2. The number of hydrogen-bond acceptors (Lipinski definition) is 7. The SMILES string of the molecule is CCC(C(=O)Nc1cnn(CC)c1C(=O)N1CCOCC1)n1nc([N+](=O)[O-])cc1C. The van der Waals surface area contributed by atoms with Gasteiger partial charge in [0.2, 0.25) is 0 Å². The van der Waals surface area contributed by atoms with Gasteiger partial charge in [0.15, 0.2) is 6.04 Å². The first-order valence-electron chi connectivity index (χ1n) is 9.81. The molecule has 12 heteroatoms. The van der Waals surface area contributed by atoms with E-state index in [0.717, 1.165) is 0 Å². The molecule has 30 heavy (non-hydrogen) atoms. The average Bonchev–Trinajstić information content (AvgIpc) is 3.32. The topological polar surface area (TPSA) is 137 Å². The second-order valence-corrected chi connectivity index (χ2v) is 6.89. The van der Waals surface area contributed by atoms with Crippen molar-refractivity contribution in [3.63, 3.8) is 0 Å². The summed E-state index contributed by atoms with van der Waals surface area (Å²) in [4.78, 5) is 38.1. The maximum Gasteiger partial charge on any atom is 0.390 e. The third kappa shape index (κ3) is 4.17. The molecule has 2 amide bonds. The summed E-state index contributed by atoms with van der Waals surface area (Å²) in [7, 11) is 0. The Bertz CT molecular complexity index is 945. The summed E-state index contributed by atoms with van der Waals surface area (Å²) in [6.07, 6.45) is 1.81. The lowest BCUT2D eigenvalue weighted by Gasteiger charge is -2.27. The molecule has 2 aromatic rings. The van der Waals surface area contributed by atoms with Crippen LogP contribution >= 0.6 is 0 Å². The third-order valence-electron chi connectivity index (χ3n) is 4.98. The van der Waals surface area contributed by atoms with Gasteiger partial charge in [-0.3, -0.25) is 14.3 Å². The molecule has 1 N–H and O–H groups in total. The van der Waals surface area contributed by atoms with Crippen molar-refractivity contribution >= 4 is 23.3 Å². The first-order chi connectivity index (χ1) is 14.4. The first kappa shape index (κ1) is 21.4. The zero-order valence-corrected chi connectivity index (χ0v) is 17.2. The summed E-state index contributed by atoms with van der Waals surface area (Å²) in [6.45, 7) is 7.61. The van der Waals surface area contributed by atoms with Crippen molar-refractivity contribution in [1.29, 1.82) is 0 Å². The molecule has 0 spiro atoms. The molecule has 1 fully saturated rings. The summed E-state index contributed by atoms with van der Waals surface area (Å²) in [5.41, 5.74) is 1.10. The molecule has 1 atom stereocenters. The first-order valence-corrected chi connectivity index (χ1v) is 9.81. The number of ether oxygens (including phenoxy) is 1. The van der Waals surface area contributed by atoms with Crippen molar-refractivity contribution in [2.75, 3.05) is 31.6 Å². The number of amides is 2. The Balaban J connectivity index is 1.86. The van der Waals surface area contributed by atoms with Crippen LogP contribution in [0, 0.1) is 17.0 Å². The van der Waals surface area contributed by atoms with E-state index in [4.69, 9.17) is 4.74 Å². The molecule has 1 aliphatic heterocycles. The number of aromatic nitrogens is 4. The van der Waals surface area contributed by atoms with Gasteiger partial charge in [-0.2, -0.15) is 9.78 Å². The highest BCUT2D eigenvalue weighted by Gasteiger charge is 2.30. The van der Waals surface area contributed by atoms with Gasteiger partial charge in [-0.1, -0.05) is 6.92 Å². The van der Waals surface area contributed by atoms with Gasteiger partial charge in [-0.05, 0) is 25.2 Å². The van der Waals surface area contributed by atoms with Gasteiger partial charge in [-0.25, -0.2) is 0 Å². The molecule has 1 saturated heterocycles. The summed E-state index contributed by atoms with van der Waals surface area (Å²) >= 11 is 0. The fourth-order valence-corrected chi connectivity index (χ4v) is 3.42. The van der Waals surface area contributed by atoms with Crippen LogP contribution in [0.15, 0.2) is 12.3 Å². The largest absolute Gasteiger partial charge is 0.390 e. The van der Waals surface area contributed by atoms with E-state index >= 15 is 0 Å². The van der Waals surface area contributed by atoms with E-state index < -0.39 is 16.9 Å². The number of hydrogen-bond donors (Lipinski definition) is 1. The van der Waals surface area contributed by atoms with Crippen LogP contribution in [0.4, 0.5) is 11.5 Å². The van der Waals surface area contributed by atoms with Crippen molar-refractivity contribution in [3.8, 4) is 0 Å². The van der Waals surface area contributed by atoms with Crippen molar-refractivity contribution < 1.29 is 19.2 Å². The van der Waals surface area contributed by atoms with Crippen molar-refractivity contribution in [2.24, 2.45) is 0 Å². The molecule has 12 nitrogen and oxygen atoms in total.